The highest BCUT2D eigenvalue weighted by Gasteiger charge is 2.59. The maximum atomic E-state index is 2.74. The summed E-state index contributed by atoms with van der Waals surface area (Å²) < 4.78 is 0. The molecule has 4 aliphatic carbocycles. The highest BCUT2D eigenvalue weighted by Crippen LogP contribution is 2.68. The fraction of sp³-hybridized carbons (Fsp3) is 1.00. The number of hydrogen-bond acceptors (Lipinski definition) is 0. The zero-order valence-corrected chi connectivity index (χ0v) is 17.7. The molecular weight excluding hydrogens is 300 g/mol. The minimum absolute atomic E-state index is 0.696. The Labute approximate surface area is 157 Å². The Morgan fingerprint density at radius 1 is 0.760 bits per heavy atom. The molecule has 7 atom stereocenters. The minimum atomic E-state index is 0.696. The van der Waals surface area contributed by atoms with Crippen LogP contribution in [0.2, 0.25) is 0 Å². The lowest BCUT2D eigenvalue weighted by molar-refractivity contribution is -0.112. The molecule has 4 saturated carbocycles. The van der Waals surface area contributed by atoms with Crippen LogP contribution in [0.4, 0.5) is 0 Å². The molecule has 1 unspecified atom stereocenters. The molecule has 0 heterocycles. The van der Waals surface area contributed by atoms with Crippen LogP contribution in [0.15, 0.2) is 0 Å². The summed E-state index contributed by atoms with van der Waals surface area (Å²) in [5.74, 6) is 6.35. The molecule has 0 bridgehead atoms. The van der Waals surface area contributed by atoms with Gasteiger partial charge in [-0.3, -0.25) is 0 Å². The SMILES string of the molecule is CCC(CC)C[C@H]1CC[C@H]2[C@@H]3CCC4CCCC[C@]4(C)[C@H]3CC[C@]12C. The second-order valence-corrected chi connectivity index (χ2v) is 11.1. The van der Waals surface area contributed by atoms with Gasteiger partial charge >= 0.3 is 0 Å². The van der Waals surface area contributed by atoms with Gasteiger partial charge in [-0.1, -0.05) is 53.4 Å². The molecule has 0 heteroatoms. The summed E-state index contributed by atoms with van der Waals surface area (Å²) in [6.07, 6.45) is 19.9. The second kappa shape index (κ2) is 6.87. The molecule has 0 nitrogen and oxygen atoms in total. The van der Waals surface area contributed by atoms with Crippen LogP contribution in [0.5, 0.6) is 0 Å². The van der Waals surface area contributed by atoms with E-state index in [1.165, 1.54) is 32.1 Å². The molecule has 0 saturated heterocycles. The van der Waals surface area contributed by atoms with Gasteiger partial charge in [0, 0.05) is 0 Å². The van der Waals surface area contributed by atoms with Gasteiger partial charge in [-0.2, -0.15) is 0 Å². The van der Waals surface area contributed by atoms with Gasteiger partial charge in [0.15, 0.2) is 0 Å². The Hall–Kier alpha value is 0. The van der Waals surface area contributed by atoms with E-state index >= 15 is 0 Å². The van der Waals surface area contributed by atoms with Gasteiger partial charge in [-0.25, -0.2) is 0 Å². The van der Waals surface area contributed by atoms with Gasteiger partial charge in [0.25, 0.3) is 0 Å². The summed E-state index contributed by atoms with van der Waals surface area (Å²) in [5.41, 5.74) is 1.41. The molecule has 0 aromatic carbocycles. The van der Waals surface area contributed by atoms with Crippen LogP contribution in [-0.4, -0.2) is 0 Å². The Morgan fingerprint density at radius 2 is 1.52 bits per heavy atom. The average molecular weight is 345 g/mol. The summed E-state index contributed by atoms with van der Waals surface area (Å²) in [6.45, 7) is 10.3. The normalized spacial score (nSPS) is 49.6. The van der Waals surface area contributed by atoms with Crippen molar-refractivity contribution >= 4 is 0 Å². The minimum Gasteiger partial charge on any atom is -0.0651 e. The van der Waals surface area contributed by atoms with Crippen LogP contribution in [0.25, 0.3) is 0 Å². The van der Waals surface area contributed by atoms with Gasteiger partial charge in [0.05, 0.1) is 0 Å². The van der Waals surface area contributed by atoms with Crippen molar-refractivity contribution in [3.63, 3.8) is 0 Å². The van der Waals surface area contributed by atoms with E-state index in [1.54, 1.807) is 51.4 Å². The molecule has 4 rings (SSSR count). The predicted octanol–water partition coefficient (Wildman–Crippen LogP) is 7.86. The first-order valence-corrected chi connectivity index (χ1v) is 12.0. The third-order valence-corrected chi connectivity index (χ3v) is 10.6. The van der Waals surface area contributed by atoms with E-state index in [0.29, 0.717) is 5.41 Å². The summed E-state index contributed by atoms with van der Waals surface area (Å²) in [7, 11) is 0. The quantitative estimate of drug-likeness (QED) is 0.487. The molecule has 0 N–H and O–H groups in total. The molecule has 4 aliphatic rings. The van der Waals surface area contributed by atoms with Crippen molar-refractivity contribution in [2.45, 2.75) is 111 Å². The molecule has 0 radical (unpaired) electrons. The third-order valence-electron chi connectivity index (χ3n) is 10.6. The van der Waals surface area contributed by atoms with Crippen molar-refractivity contribution in [2.24, 2.45) is 46.3 Å². The van der Waals surface area contributed by atoms with E-state index in [1.807, 2.05) is 0 Å². The van der Waals surface area contributed by atoms with Crippen LogP contribution < -0.4 is 0 Å². The lowest BCUT2D eigenvalue weighted by Crippen LogP contribution is -2.52. The summed E-state index contributed by atoms with van der Waals surface area (Å²) in [6, 6.07) is 0. The van der Waals surface area contributed by atoms with Gasteiger partial charge < -0.3 is 0 Å². The fourth-order valence-electron chi connectivity index (χ4n) is 8.82. The topological polar surface area (TPSA) is 0 Å². The summed E-state index contributed by atoms with van der Waals surface area (Å²) >= 11 is 0. The Bertz CT molecular complexity index is 463. The van der Waals surface area contributed by atoms with Crippen LogP contribution in [-0.2, 0) is 0 Å². The molecule has 0 spiro atoms. The second-order valence-electron chi connectivity index (χ2n) is 11.1. The van der Waals surface area contributed by atoms with Gasteiger partial charge in [0.2, 0.25) is 0 Å². The highest BCUT2D eigenvalue weighted by molar-refractivity contribution is 5.08. The maximum Gasteiger partial charge on any atom is -0.0266 e. The van der Waals surface area contributed by atoms with Gasteiger partial charge in [-0.05, 0) is 104 Å². The molecule has 144 valence electrons. The zero-order chi connectivity index (χ0) is 17.7. The van der Waals surface area contributed by atoms with Crippen molar-refractivity contribution in [2.75, 3.05) is 0 Å². The summed E-state index contributed by atoms with van der Waals surface area (Å²) in [4.78, 5) is 0. The average Bonchev–Trinajstić information content (AvgIpc) is 2.95. The Morgan fingerprint density at radius 3 is 2.28 bits per heavy atom. The van der Waals surface area contributed by atoms with Crippen LogP contribution in [0, 0.1) is 46.3 Å². The first kappa shape index (κ1) is 18.4. The standard InChI is InChI=1S/C25H44/c1-5-18(6-2)17-20-11-13-22-21-12-10-19-9-7-8-15-24(19,3)23(21)14-16-25(20,22)4/h18-23H,5-17H2,1-4H3/t19?,20-,21+,22+,23+,24+,25-/m1/s1. The monoisotopic (exact) mass is 344 g/mol. The van der Waals surface area contributed by atoms with Crippen molar-refractivity contribution in [3.05, 3.63) is 0 Å². The molecule has 4 fully saturated rings. The van der Waals surface area contributed by atoms with E-state index in [0.717, 1.165) is 40.9 Å². The van der Waals surface area contributed by atoms with Crippen molar-refractivity contribution in [1.29, 1.82) is 0 Å². The van der Waals surface area contributed by atoms with Crippen LogP contribution in [0.1, 0.15) is 111 Å². The molecule has 0 aromatic rings. The number of rotatable bonds is 4. The van der Waals surface area contributed by atoms with Crippen molar-refractivity contribution in [3.8, 4) is 0 Å². The highest BCUT2D eigenvalue weighted by atomic mass is 14.6. The predicted molar refractivity (Wildman–Crippen MR) is 109 cm³/mol. The Balaban J connectivity index is 1.53. The lowest BCUT2D eigenvalue weighted by Gasteiger charge is -2.60. The molecule has 0 amide bonds. The Kier molecular flexibility index (Phi) is 5.04. The third kappa shape index (κ3) is 2.84. The van der Waals surface area contributed by atoms with Crippen LogP contribution >= 0.6 is 0 Å². The smallest absolute Gasteiger partial charge is 0.0266 e. The number of fused-ring (bicyclic) bond motifs is 5. The fourth-order valence-corrected chi connectivity index (χ4v) is 8.82. The molecular formula is C25H44. The largest absolute Gasteiger partial charge is 0.0651 e. The van der Waals surface area contributed by atoms with Crippen LogP contribution in [0.3, 0.4) is 0 Å². The maximum absolute atomic E-state index is 2.74. The number of hydrogen-bond donors (Lipinski definition) is 0. The first-order chi connectivity index (χ1) is 12.0. The van der Waals surface area contributed by atoms with Gasteiger partial charge in [-0.15, -0.1) is 0 Å². The van der Waals surface area contributed by atoms with E-state index in [9.17, 15) is 0 Å². The van der Waals surface area contributed by atoms with Crippen molar-refractivity contribution in [1.82, 2.24) is 0 Å². The summed E-state index contributed by atoms with van der Waals surface area (Å²) in [5, 5.41) is 0. The molecule has 0 aromatic heterocycles. The molecule has 25 heavy (non-hydrogen) atoms. The van der Waals surface area contributed by atoms with E-state index in [-0.39, 0.29) is 0 Å². The zero-order valence-electron chi connectivity index (χ0n) is 17.7. The lowest BCUT2D eigenvalue weighted by atomic mass is 9.44. The van der Waals surface area contributed by atoms with E-state index in [2.05, 4.69) is 27.7 Å². The van der Waals surface area contributed by atoms with Crippen molar-refractivity contribution < 1.29 is 0 Å². The van der Waals surface area contributed by atoms with E-state index in [4.69, 9.17) is 0 Å². The van der Waals surface area contributed by atoms with E-state index < -0.39 is 0 Å². The molecule has 0 aliphatic heterocycles. The van der Waals surface area contributed by atoms with Gasteiger partial charge in [0.1, 0.15) is 0 Å². The first-order valence-electron chi connectivity index (χ1n) is 12.0.